The lowest BCUT2D eigenvalue weighted by atomic mass is 10.3. The van der Waals surface area contributed by atoms with Crippen molar-refractivity contribution in [3.63, 3.8) is 0 Å². The molecule has 8 heavy (non-hydrogen) atoms. The van der Waals surface area contributed by atoms with Crippen LogP contribution in [0.3, 0.4) is 0 Å². The smallest absolute Gasteiger partial charge is 0.251 e. The van der Waals surface area contributed by atoms with Gasteiger partial charge in [-0.1, -0.05) is 0 Å². The van der Waals surface area contributed by atoms with E-state index in [1.807, 2.05) is 5.43 Å². The van der Waals surface area contributed by atoms with Gasteiger partial charge in [0.25, 0.3) is 5.91 Å². The van der Waals surface area contributed by atoms with Crippen molar-refractivity contribution in [2.45, 2.75) is 6.04 Å². The number of nitrogens with one attached hydrogen (secondary N) is 1. The topological polar surface area (TPSA) is 81.1 Å². The van der Waals surface area contributed by atoms with Gasteiger partial charge in [0.15, 0.2) is 0 Å². The summed E-state index contributed by atoms with van der Waals surface area (Å²) in [6, 6.07) is -0.594. The Hall–Kier alpha value is -0.260. The summed E-state index contributed by atoms with van der Waals surface area (Å²) < 4.78 is 0. The summed E-state index contributed by atoms with van der Waals surface area (Å²) in [4.78, 5) is 10.3. The second-order valence-electron chi connectivity index (χ2n) is 1.30. The molecule has 0 aromatic rings. The zero-order valence-corrected chi connectivity index (χ0v) is 5.19. The number of nitrogens with two attached hydrogens (primary N) is 2. The van der Waals surface area contributed by atoms with Crippen LogP contribution in [-0.4, -0.2) is 17.7 Å². The molecule has 5 N–H and O–H groups in total. The average Bonchev–Trinajstić information content (AvgIpc) is 1.84. The predicted octanol–water partition coefficient (Wildman–Crippen LogP) is -1.77. The van der Waals surface area contributed by atoms with E-state index in [4.69, 9.17) is 11.6 Å². The predicted molar refractivity (Wildman–Crippen MR) is 34.2 cm³/mol. The van der Waals surface area contributed by atoms with E-state index in [9.17, 15) is 4.79 Å². The molecule has 48 valence electrons. The molecule has 0 unspecified atom stereocenters. The summed E-state index contributed by atoms with van der Waals surface area (Å²) in [5.74, 6) is 4.65. The highest BCUT2D eigenvalue weighted by Gasteiger charge is 2.07. The Morgan fingerprint density at radius 2 is 2.38 bits per heavy atom. The normalized spacial score (nSPS) is 12.9. The first kappa shape index (κ1) is 7.74. The summed E-state index contributed by atoms with van der Waals surface area (Å²) in [5, 5.41) is 0. The Bertz CT molecular complexity index is 86.6. The van der Waals surface area contributed by atoms with Crippen LogP contribution in [0.5, 0.6) is 0 Å². The third kappa shape index (κ3) is 2.15. The van der Waals surface area contributed by atoms with Crippen molar-refractivity contribution in [1.29, 1.82) is 0 Å². The van der Waals surface area contributed by atoms with Crippen molar-refractivity contribution in [2.75, 3.05) is 5.75 Å². The summed E-state index contributed by atoms with van der Waals surface area (Å²) in [6.45, 7) is 0. The van der Waals surface area contributed by atoms with E-state index in [2.05, 4.69) is 12.6 Å². The number of rotatable bonds is 2. The third-order valence-corrected chi connectivity index (χ3v) is 1.07. The van der Waals surface area contributed by atoms with Gasteiger partial charge in [-0.3, -0.25) is 10.2 Å². The quantitative estimate of drug-likeness (QED) is 0.157. The maximum absolute atomic E-state index is 10.3. The summed E-state index contributed by atoms with van der Waals surface area (Å²) in [5.41, 5.74) is 7.06. The molecule has 0 saturated heterocycles. The van der Waals surface area contributed by atoms with Gasteiger partial charge in [0.05, 0.1) is 6.04 Å². The third-order valence-electron chi connectivity index (χ3n) is 0.676. The largest absolute Gasteiger partial charge is 0.319 e. The molecule has 0 spiro atoms. The Labute approximate surface area is 53.0 Å². The highest BCUT2D eigenvalue weighted by atomic mass is 32.1. The molecule has 0 aliphatic carbocycles. The maximum Gasteiger partial charge on any atom is 0.251 e. The first-order chi connectivity index (χ1) is 3.72. The Morgan fingerprint density at radius 1 is 1.88 bits per heavy atom. The van der Waals surface area contributed by atoms with E-state index in [1.165, 1.54) is 0 Å². The van der Waals surface area contributed by atoms with Gasteiger partial charge in [0.1, 0.15) is 0 Å². The van der Waals surface area contributed by atoms with E-state index < -0.39 is 6.04 Å². The lowest BCUT2D eigenvalue weighted by Crippen LogP contribution is -2.44. The molecule has 5 heteroatoms. The van der Waals surface area contributed by atoms with Crippen molar-refractivity contribution < 1.29 is 4.79 Å². The highest BCUT2D eigenvalue weighted by molar-refractivity contribution is 7.80. The molecule has 0 fully saturated rings. The molecule has 0 aliphatic rings. The van der Waals surface area contributed by atoms with Gasteiger partial charge in [0, 0.05) is 5.75 Å². The van der Waals surface area contributed by atoms with Crippen molar-refractivity contribution in [1.82, 2.24) is 5.43 Å². The lowest BCUT2D eigenvalue weighted by Gasteiger charge is -2.03. The van der Waals surface area contributed by atoms with Gasteiger partial charge in [-0.05, 0) is 0 Å². The second-order valence-corrected chi connectivity index (χ2v) is 1.66. The maximum atomic E-state index is 10.3. The van der Waals surface area contributed by atoms with Crippen molar-refractivity contribution >= 4 is 18.5 Å². The van der Waals surface area contributed by atoms with Gasteiger partial charge < -0.3 is 5.73 Å². The van der Waals surface area contributed by atoms with Gasteiger partial charge in [-0.25, -0.2) is 5.84 Å². The molecule has 1 atom stereocenters. The van der Waals surface area contributed by atoms with Crippen LogP contribution in [0.4, 0.5) is 0 Å². The van der Waals surface area contributed by atoms with Gasteiger partial charge >= 0.3 is 0 Å². The van der Waals surface area contributed by atoms with Crippen LogP contribution < -0.4 is 17.0 Å². The molecule has 0 aromatic heterocycles. The van der Waals surface area contributed by atoms with E-state index in [0.29, 0.717) is 5.75 Å². The lowest BCUT2D eigenvalue weighted by molar-refractivity contribution is -0.121. The first-order valence-corrected chi connectivity index (χ1v) is 2.72. The fourth-order valence-electron chi connectivity index (χ4n) is 0.190. The minimum absolute atomic E-state index is 0.309. The monoisotopic (exact) mass is 135 g/mol. The second kappa shape index (κ2) is 3.71. The molecular weight excluding hydrogens is 126 g/mol. The molecule has 0 aliphatic heterocycles. The number of carbonyl (C=O) groups excluding carboxylic acids is 1. The molecule has 0 heterocycles. The number of thiol groups is 1. The zero-order chi connectivity index (χ0) is 6.57. The first-order valence-electron chi connectivity index (χ1n) is 2.09. The minimum Gasteiger partial charge on any atom is -0.319 e. The number of hydrazine groups is 1. The molecular formula is C3H9N3OS. The van der Waals surface area contributed by atoms with Gasteiger partial charge in [-0.15, -0.1) is 0 Å². The van der Waals surface area contributed by atoms with E-state index in [0.717, 1.165) is 0 Å². The number of amides is 1. The Kier molecular flexibility index (Phi) is 3.59. The Balaban J connectivity index is 3.46. The van der Waals surface area contributed by atoms with Crippen LogP contribution in [-0.2, 0) is 4.79 Å². The molecule has 0 saturated carbocycles. The van der Waals surface area contributed by atoms with Crippen LogP contribution >= 0.6 is 12.6 Å². The molecule has 0 aromatic carbocycles. The van der Waals surface area contributed by atoms with E-state index >= 15 is 0 Å². The molecule has 0 radical (unpaired) electrons. The van der Waals surface area contributed by atoms with E-state index in [1.54, 1.807) is 0 Å². The molecule has 4 nitrogen and oxygen atoms in total. The summed E-state index contributed by atoms with van der Waals surface area (Å²) in [6.07, 6.45) is 0. The molecule has 1 amide bonds. The van der Waals surface area contributed by atoms with Crippen molar-refractivity contribution in [3.8, 4) is 0 Å². The van der Waals surface area contributed by atoms with Crippen molar-refractivity contribution in [2.24, 2.45) is 11.6 Å². The van der Waals surface area contributed by atoms with Crippen LogP contribution in [0.15, 0.2) is 0 Å². The zero-order valence-electron chi connectivity index (χ0n) is 4.29. The fraction of sp³-hybridized carbons (Fsp3) is 0.667. The van der Waals surface area contributed by atoms with Crippen molar-refractivity contribution in [3.05, 3.63) is 0 Å². The fourth-order valence-corrected chi connectivity index (χ4v) is 0.356. The minimum atomic E-state index is -0.594. The molecule has 0 bridgehead atoms. The average molecular weight is 135 g/mol. The summed E-state index contributed by atoms with van der Waals surface area (Å²) in [7, 11) is 0. The highest BCUT2D eigenvalue weighted by Crippen LogP contribution is 1.79. The number of carbonyl (C=O) groups is 1. The van der Waals surface area contributed by atoms with Gasteiger partial charge in [-0.2, -0.15) is 12.6 Å². The SMILES string of the molecule is NNC(=O)[C@H](N)CS. The van der Waals surface area contributed by atoms with Crippen LogP contribution in [0.2, 0.25) is 0 Å². The number of hydrogen-bond donors (Lipinski definition) is 4. The van der Waals surface area contributed by atoms with E-state index in [-0.39, 0.29) is 5.91 Å². The summed E-state index contributed by atoms with van der Waals surface area (Å²) >= 11 is 3.77. The van der Waals surface area contributed by atoms with Crippen LogP contribution in [0, 0.1) is 0 Å². The standard InChI is InChI=1S/C3H9N3OS/c4-2(1-8)3(7)6-5/h2,8H,1,4-5H2,(H,6,7)/t2-/m1/s1. The molecule has 0 rings (SSSR count). The Morgan fingerprint density at radius 3 is 2.50 bits per heavy atom. The van der Waals surface area contributed by atoms with Crippen LogP contribution in [0.1, 0.15) is 0 Å². The number of hydrogen-bond acceptors (Lipinski definition) is 4. The van der Waals surface area contributed by atoms with Crippen LogP contribution in [0.25, 0.3) is 0 Å². The van der Waals surface area contributed by atoms with Gasteiger partial charge in [0.2, 0.25) is 0 Å².